The molecule has 0 unspecified atom stereocenters. The topological polar surface area (TPSA) is 118 Å². The summed E-state index contributed by atoms with van der Waals surface area (Å²) >= 11 is 6.26. The number of amidine groups is 1. The minimum Gasteiger partial charge on any atom is -0.385 e. The Hall–Kier alpha value is -1.99. The molecule has 0 aliphatic carbocycles. The first-order valence-electron chi connectivity index (χ1n) is 7.19. The minimum atomic E-state index is -0.455. The van der Waals surface area contributed by atoms with Crippen molar-refractivity contribution in [2.45, 2.75) is 18.4 Å². The van der Waals surface area contributed by atoms with E-state index in [-0.39, 0.29) is 12.1 Å². The maximum absolute atomic E-state index is 10.9. The highest BCUT2D eigenvalue weighted by Gasteiger charge is 2.39. The number of halogens is 1. The van der Waals surface area contributed by atoms with Crippen LogP contribution in [0.3, 0.4) is 0 Å². The van der Waals surface area contributed by atoms with Gasteiger partial charge in [0.1, 0.15) is 5.84 Å². The van der Waals surface area contributed by atoms with Gasteiger partial charge in [0.2, 0.25) is 5.91 Å². The van der Waals surface area contributed by atoms with Gasteiger partial charge in [-0.25, -0.2) is 4.99 Å². The summed E-state index contributed by atoms with van der Waals surface area (Å²) in [5, 5.41) is 10.2. The number of carbonyl (C=O) groups is 1. The standard InChI is InChI=1S/C14H19ClN6O/c15-8-5-11-10(6-9(8)19-7-12(16)22)20-13(17)14(21-11)1-3-18-4-2-14/h5-6,18-19,21H,1-4,7H2,(H2,16,22)(H2,17,20). The Labute approximate surface area is 133 Å². The van der Waals surface area contributed by atoms with E-state index in [1.165, 1.54) is 0 Å². The first kappa shape index (κ1) is 14.9. The number of benzene rings is 1. The smallest absolute Gasteiger partial charge is 0.236 e. The molecule has 22 heavy (non-hydrogen) atoms. The summed E-state index contributed by atoms with van der Waals surface area (Å²) in [4.78, 5) is 15.4. The summed E-state index contributed by atoms with van der Waals surface area (Å²) in [6.07, 6.45) is 1.75. The number of nitrogens with zero attached hydrogens (tertiary/aromatic N) is 1. The van der Waals surface area contributed by atoms with Gasteiger partial charge in [-0.1, -0.05) is 11.6 Å². The Bertz CT molecular complexity index is 638. The van der Waals surface area contributed by atoms with Crippen LogP contribution in [0.2, 0.25) is 5.02 Å². The average molecular weight is 323 g/mol. The fourth-order valence-corrected chi connectivity index (χ4v) is 3.10. The van der Waals surface area contributed by atoms with E-state index in [0.29, 0.717) is 22.2 Å². The van der Waals surface area contributed by atoms with Crippen molar-refractivity contribution in [3.8, 4) is 0 Å². The number of carbonyl (C=O) groups excluding carboxylic acids is 1. The van der Waals surface area contributed by atoms with Gasteiger partial charge >= 0.3 is 0 Å². The maximum atomic E-state index is 10.9. The van der Waals surface area contributed by atoms with E-state index in [1.54, 1.807) is 12.1 Å². The molecule has 0 radical (unpaired) electrons. The molecule has 2 aliphatic heterocycles. The quantitative estimate of drug-likeness (QED) is 0.563. The highest BCUT2D eigenvalue weighted by atomic mass is 35.5. The zero-order chi connectivity index (χ0) is 15.7. The largest absolute Gasteiger partial charge is 0.385 e. The van der Waals surface area contributed by atoms with E-state index in [9.17, 15) is 4.79 Å². The zero-order valence-corrected chi connectivity index (χ0v) is 12.8. The van der Waals surface area contributed by atoms with E-state index in [4.69, 9.17) is 23.1 Å². The molecule has 118 valence electrons. The van der Waals surface area contributed by atoms with E-state index >= 15 is 0 Å². The fraction of sp³-hybridized carbons (Fsp3) is 0.429. The second kappa shape index (κ2) is 5.66. The van der Waals surface area contributed by atoms with Crippen molar-refractivity contribution in [2.24, 2.45) is 16.5 Å². The second-order valence-corrected chi connectivity index (χ2v) is 6.03. The second-order valence-electron chi connectivity index (χ2n) is 5.62. The summed E-state index contributed by atoms with van der Waals surface area (Å²) in [6, 6.07) is 3.58. The van der Waals surface area contributed by atoms with E-state index in [2.05, 4.69) is 20.9 Å². The van der Waals surface area contributed by atoms with Gasteiger partial charge in [0.05, 0.1) is 34.2 Å². The molecule has 1 amide bonds. The molecule has 1 fully saturated rings. The van der Waals surface area contributed by atoms with Gasteiger partial charge in [0.15, 0.2) is 0 Å². The van der Waals surface area contributed by atoms with Gasteiger partial charge in [-0.2, -0.15) is 0 Å². The summed E-state index contributed by atoms with van der Waals surface area (Å²) in [5.41, 5.74) is 13.2. The van der Waals surface area contributed by atoms with Crippen LogP contribution in [0.25, 0.3) is 0 Å². The molecule has 1 aromatic rings. The molecular weight excluding hydrogens is 304 g/mol. The monoisotopic (exact) mass is 322 g/mol. The van der Waals surface area contributed by atoms with Crippen molar-refractivity contribution in [3.05, 3.63) is 17.2 Å². The van der Waals surface area contributed by atoms with Crippen molar-refractivity contribution in [1.82, 2.24) is 5.32 Å². The number of nitrogens with one attached hydrogen (secondary N) is 3. The summed E-state index contributed by atoms with van der Waals surface area (Å²) in [6.45, 7) is 1.80. The number of anilines is 2. The molecule has 0 saturated carbocycles. The molecule has 2 heterocycles. The predicted molar refractivity (Wildman–Crippen MR) is 88.9 cm³/mol. The molecule has 7 N–H and O–H groups in total. The summed E-state index contributed by atoms with van der Waals surface area (Å²) in [7, 11) is 0. The van der Waals surface area contributed by atoms with Crippen LogP contribution in [0.4, 0.5) is 17.1 Å². The van der Waals surface area contributed by atoms with Crippen molar-refractivity contribution in [2.75, 3.05) is 30.3 Å². The Balaban J connectivity index is 1.91. The Kier molecular flexibility index (Phi) is 3.84. The number of rotatable bonds is 3. The van der Waals surface area contributed by atoms with Crippen LogP contribution in [0.15, 0.2) is 17.1 Å². The van der Waals surface area contributed by atoms with Crippen LogP contribution in [0.5, 0.6) is 0 Å². The molecule has 8 heteroatoms. The van der Waals surface area contributed by atoms with E-state index < -0.39 is 5.91 Å². The molecule has 1 saturated heterocycles. The maximum Gasteiger partial charge on any atom is 0.236 e. The van der Waals surface area contributed by atoms with E-state index in [0.717, 1.165) is 31.6 Å². The first-order chi connectivity index (χ1) is 10.5. The summed E-state index contributed by atoms with van der Waals surface area (Å²) in [5.74, 6) is 0.133. The van der Waals surface area contributed by atoms with Crippen LogP contribution >= 0.6 is 11.6 Å². The zero-order valence-electron chi connectivity index (χ0n) is 12.1. The van der Waals surface area contributed by atoms with Gasteiger partial charge in [-0.05, 0) is 38.1 Å². The molecule has 1 aromatic carbocycles. The van der Waals surface area contributed by atoms with Crippen molar-refractivity contribution < 1.29 is 4.79 Å². The van der Waals surface area contributed by atoms with Crippen LogP contribution < -0.4 is 27.4 Å². The predicted octanol–water partition coefficient (Wildman–Crippen LogP) is 0.774. The summed E-state index contributed by atoms with van der Waals surface area (Å²) < 4.78 is 0. The number of hydrogen-bond donors (Lipinski definition) is 5. The third-order valence-corrected chi connectivity index (χ3v) is 4.41. The number of piperidine rings is 1. The average Bonchev–Trinajstić information content (AvgIpc) is 2.48. The number of primary amides is 1. The molecule has 0 atom stereocenters. The Morgan fingerprint density at radius 3 is 2.82 bits per heavy atom. The molecular formula is C14H19ClN6O. The molecule has 1 spiro atoms. The van der Waals surface area contributed by atoms with Gasteiger partial charge in [-0.3, -0.25) is 4.79 Å². The van der Waals surface area contributed by atoms with Crippen molar-refractivity contribution in [3.63, 3.8) is 0 Å². The van der Waals surface area contributed by atoms with Crippen LogP contribution in [0, 0.1) is 0 Å². The van der Waals surface area contributed by atoms with Crippen LogP contribution in [0.1, 0.15) is 12.8 Å². The third kappa shape index (κ3) is 2.69. The molecule has 2 aliphatic rings. The lowest BCUT2D eigenvalue weighted by Gasteiger charge is -2.41. The van der Waals surface area contributed by atoms with Crippen LogP contribution in [-0.4, -0.2) is 36.9 Å². The number of nitrogens with two attached hydrogens (primary N) is 2. The Morgan fingerprint density at radius 1 is 1.41 bits per heavy atom. The molecule has 7 nitrogen and oxygen atoms in total. The third-order valence-electron chi connectivity index (χ3n) is 4.10. The number of aliphatic imine (C=N–C) groups is 1. The highest BCUT2D eigenvalue weighted by Crippen LogP contribution is 2.41. The van der Waals surface area contributed by atoms with Gasteiger partial charge in [-0.15, -0.1) is 0 Å². The molecule has 0 aromatic heterocycles. The minimum absolute atomic E-state index is 0.0146. The lowest BCUT2D eigenvalue weighted by molar-refractivity contribution is -0.116. The fourth-order valence-electron chi connectivity index (χ4n) is 2.87. The lowest BCUT2D eigenvalue weighted by atomic mass is 9.85. The van der Waals surface area contributed by atoms with E-state index in [1.807, 2.05) is 0 Å². The van der Waals surface area contributed by atoms with Crippen LogP contribution in [-0.2, 0) is 4.79 Å². The van der Waals surface area contributed by atoms with Crippen molar-refractivity contribution >= 4 is 40.4 Å². The number of amides is 1. The Morgan fingerprint density at radius 2 is 2.14 bits per heavy atom. The number of fused-ring (bicyclic) bond motifs is 1. The van der Waals surface area contributed by atoms with Gasteiger partial charge in [0.25, 0.3) is 0 Å². The first-order valence-corrected chi connectivity index (χ1v) is 7.57. The van der Waals surface area contributed by atoms with Crippen molar-refractivity contribution in [1.29, 1.82) is 0 Å². The van der Waals surface area contributed by atoms with Gasteiger partial charge < -0.3 is 27.4 Å². The lowest BCUT2D eigenvalue weighted by Crippen LogP contribution is -2.57. The molecule has 0 bridgehead atoms. The SMILES string of the molecule is NC(=O)CNc1cc2c(cc1Cl)NC1(CCNCC1)C(N)=N2. The normalized spacial score (nSPS) is 19.0. The highest BCUT2D eigenvalue weighted by molar-refractivity contribution is 6.34. The van der Waals surface area contributed by atoms with Gasteiger partial charge in [0, 0.05) is 0 Å². The molecule has 3 rings (SSSR count). The number of hydrogen-bond acceptors (Lipinski definition) is 6.